The third-order valence-electron chi connectivity index (χ3n) is 3.49. The number of benzene rings is 1. The van der Waals surface area contributed by atoms with Gasteiger partial charge in [-0.05, 0) is 18.9 Å². The van der Waals surface area contributed by atoms with Crippen LogP contribution in [0.15, 0.2) is 18.2 Å². The molecule has 1 aliphatic rings. The van der Waals surface area contributed by atoms with Gasteiger partial charge in [0.05, 0.1) is 27.9 Å². The van der Waals surface area contributed by atoms with E-state index >= 15 is 0 Å². The van der Waals surface area contributed by atoms with Gasteiger partial charge in [-0.25, -0.2) is 0 Å². The second kappa shape index (κ2) is 9.27. The molecule has 0 bridgehead atoms. The van der Waals surface area contributed by atoms with Gasteiger partial charge in [-0.2, -0.15) is 0 Å². The first-order chi connectivity index (χ1) is 10.7. The van der Waals surface area contributed by atoms with Gasteiger partial charge in [0, 0.05) is 31.3 Å². The fraction of sp³-hybridized carbons (Fsp3) is 0.562. The van der Waals surface area contributed by atoms with Gasteiger partial charge >= 0.3 is 5.97 Å². The van der Waals surface area contributed by atoms with Gasteiger partial charge in [0.2, 0.25) is 0 Å². The van der Waals surface area contributed by atoms with E-state index in [2.05, 4.69) is 4.90 Å². The lowest BCUT2D eigenvalue weighted by Crippen LogP contribution is -2.32. The van der Waals surface area contributed by atoms with Crippen LogP contribution in [-0.2, 0) is 16.1 Å². The van der Waals surface area contributed by atoms with Gasteiger partial charge in [0.15, 0.2) is 0 Å². The number of hydrogen-bond donors (Lipinski definition) is 1. The predicted molar refractivity (Wildman–Crippen MR) is 83.1 cm³/mol. The van der Waals surface area contributed by atoms with E-state index in [9.17, 15) is 4.79 Å². The van der Waals surface area contributed by atoms with Crippen LogP contribution in [0.3, 0.4) is 0 Å². The minimum atomic E-state index is -0.204. The van der Waals surface area contributed by atoms with Crippen LogP contribution in [0.1, 0.15) is 18.4 Å². The number of carbonyl (C=O) groups excluding carboxylic acids is 1. The first-order valence-corrected chi connectivity index (χ1v) is 7.14. The van der Waals surface area contributed by atoms with Crippen LogP contribution in [0.2, 0.25) is 0 Å². The summed E-state index contributed by atoms with van der Waals surface area (Å²) in [6, 6.07) is 6.21. The van der Waals surface area contributed by atoms with Crippen LogP contribution in [0.4, 0.5) is 0 Å². The number of methoxy groups -OCH3 is 3. The molecule has 1 aromatic carbocycles. The minimum absolute atomic E-state index is 0.204. The fourth-order valence-electron chi connectivity index (χ4n) is 2.19. The van der Waals surface area contributed by atoms with E-state index in [0.29, 0.717) is 19.1 Å². The van der Waals surface area contributed by atoms with Gasteiger partial charge in [0.25, 0.3) is 0 Å². The molecule has 1 fully saturated rings. The molecule has 1 N–H and O–H groups in total. The summed E-state index contributed by atoms with van der Waals surface area (Å²) < 4.78 is 15.3. The number of aliphatic hydroxyl groups is 1. The predicted octanol–water partition coefficient (Wildman–Crippen LogP) is 1.45. The first kappa shape index (κ1) is 18.3. The molecule has 1 aromatic rings. The zero-order valence-electron chi connectivity index (χ0n) is 13.7. The molecular weight excluding hydrogens is 286 g/mol. The van der Waals surface area contributed by atoms with Crippen molar-refractivity contribution in [3.8, 4) is 11.5 Å². The van der Waals surface area contributed by atoms with E-state index in [4.69, 9.17) is 19.3 Å². The van der Waals surface area contributed by atoms with Gasteiger partial charge in [-0.3, -0.25) is 9.69 Å². The number of carbonyl (C=O) groups is 1. The van der Waals surface area contributed by atoms with Crippen LogP contribution >= 0.6 is 0 Å². The SMILES string of the molecule is CO.COC(=O)CN(Cc1ccc(OC)cc1OC)C1CC1. The van der Waals surface area contributed by atoms with E-state index in [-0.39, 0.29) is 5.97 Å². The minimum Gasteiger partial charge on any atom is -0.497 e. The summed E-state index contributed by atoms with van der Waals surface area (Å²) in [5.74, 6) is 1.33. The van der Waals surface area contributed by atoms with Gasteiger partial charge < -0.3 is 19.3 Å². The third-order valence-corrected chi connectivity index (χ3v) is 3.49. The molecule has 6 heteroatoms. The van der Waals surface area contributed by atoms with Crippen molar-refractivity contribution in [1.82, 2.24) is 4.90 Å². The summed E-state index contributed by atoms with van der Waals surface area (Å²) in [6.07, 6.45) is 2.27. The molecule has 0 radical (unpaired) electrons. The Morgan fingerprint density at radius 3 is 2.41 bits per heavy atom. The Bertz CT molecular complexity index is 474. The van der Waals surface area contributed by atoms with Crippen molar-refractivity contribution in [3.05, 3.63) is 23.8 Å². The zero-order chi connectivity index (χ0) is 16.5. The largest absolute Gasteiger partial charge is 0.497 e. The Morgan fingerprint density at radius 2 is 1.91 bits per heavy atom. The maximum atomic E-state index is 11.5. The van der Waals surface area contributed by atoms with Gasteiger partial charge in [-0.15, -0.1) is 0 Å². The van der Waals surface area contributed by atoms with E-state index in [1.165, 1.54) is 7.11 Å². The van der Waals surface area contributed by atoms with E-state index in [1.807, 2.05) is 18.2 Å². The zero-order valence-corrected chi connectivity index (χ0v) is 13.7. The molecule has 0 amide bonds. The van der Waals surface area contributed by atoms with E-state index in [1.54, 1.807) is 14.2 Å². The molecule has 0 atom stereocenters. The van der Waals surface area contributed by atoms with Crippen molar-refractivity contribution >= 4 is 5.97 Å². The Morgan fingerprint density at radius 1 is 1.23 bits per heavy atom. The normalized spacial score (nSPS) is 13.2. The number of ether oxygens (including phenoxy) is 3. The van der Waals surface area contributed by atoms with E-state index in [0.717, 1.165) is 37.0 Å². The molecule has 0 saturated heterocycles. The second-order valence-corrected chi connectivity index (χ2v) is 4.89. The molecular formula is C16H25NO5. The highest BCUT2D eigenvalue weighted by atomic mass is 16.5. The lowest BCUT2D eigenvalue weighted by atomic mass is 10.1. The first-order valence-electron chi connectivity index (χ1n) is 7.14. The standard InChI is InChI=1S/C15H21NO4.CH4O/c1-18-13-7-4-11(14(8-13)19-2)9-16(12-5-6-12)10-15(17)20-3;1-2/h4,7-8,12H,5-6,9-10H2,1-3H3;2H,1H3. The topological polar surface area (TPSA) is 68.2 Å². The number of rotatable bonds is 7. The lowest BCUT2D eigenvalue weighted by Gasteiger charge is -2.22. The maximum absolute atomic E-state index is 11.5. The molecule has 0 spiro atoms. The van der Waals surface area contributed by atoms with Crippen molar-refractivity contribution < 1.29 is 24.1 Å². The Balaban J connectivity index is 0.00000116. The Kier molecular flexibility index (Phi) is 7.70. The highest BCUT2D eigenvalue weighted by molar-refractivity contribution is 5.71. The molecule has 1 saturated carbocycles. The summed E-state index contributed by atoms with van der Waals surface area (Å²) in [7, 11) is 5.68. The highest BCUT2D eigenvalue weighted by Crippen LogP contribution is 2.31. The average Bonchev–Trinajstić information content (AvgIpc) is 3.41. The summed E-state index contributed by atoms with van der Waals surface area (Å²) in [5, 5.41) is 7.00. The van der Waals surface area contributed by atoms with Gasteiger partial charge in [0.1, 0.15) is 11.5 Å². The summed E-state index contributed by atoms with van der Waals surface area (Å²) in [4.78, 5) is 13.6. The quantitative estimate of drug-likeness (QED) is 0.769. The molecule has 2 rings (SSSR count). The van der Waals surface area contributed by atoms with Crippen molar-refractivity contribution in [2.75, 3.05) is 35.0 Å². The summed E-state index contributed by atoms with van der Waals surface area (Å²) >= 11 is 0. The number of aliphatic hydroxyl groups excluding tert-OH is 1. The molecule has 0 unspecified atom stereocenters. The molecule has 124 valence electrons. The number of nitrogens with zero attached hydrogens (tertiary/aromatic N) is 1. The summed E-state index contributed by atoms with van der Waals surface area (Å²) in [6.45, 7) is 0.989. The Labute approximate surface area is 131 Å². The molecule has 6 nitrogen and oxygen atoms in total. The monoisotopic (exact) mass is 311 g/mol. The lowest BCUT2D eigenvalue weighted by molar-refractivity contribution is -0.142. The molecule has 0 aliphatic heterocycles. The Hall–Kier alpha value is -1.79. The van der Waals surface area contributed by atoms with Crippen LogP contribution in [0, 0.1) is 0 Å². The van der Waals surface area contributed by atoms with Crippen LogP contribution in [0.25, 0.3) is 0 Å². The maximum Gasteiger partial charge on any atom is 0.319 e. The van der Waals surface area contributed by atoms with Crippen molar-refractivity contribution in [2.24, 2.45) is 0 Å². The van der Waals surface area contributed by atoms with Crippen LogP contribution in [-0.4, -0.2) is 57.0 Å². The average molecular weight is 311 g/mol. The number of hydrogen-bond acceptors (Lipinski definition) is 6. The smallest absolute Gasteiger partial charge is 0.319 e. The van der Waals surface area contributed by atoms with Gasteiger partial charge in [-0.1, -0.05) is 6.07 Å². The molecule has 1 aliphatic carbocycles. The van der Waals surface area contributed by atoms with Crippen molar-refractivity contribution in [1.29, 1.82) is 0 Å². The summed E-state index contributed by atoms with van der Waals surface area (Å²) in [5.41, 5.74) is 1.05. The molecule has 0 heterocycles. The third kappa shape index (κ3) is 5.20. The van der Waals surface area contributed by atoms with Crippen LogP contribution in [0.5, 0.6) is 11.5 Å². The van der Waals surface area contributed by atoms with Crippen molar-refractivity contribution in [3.63, 3.8) is 0 Å². The highest BCUT2D eigenvalue weighted by Gasteiger charge is 2.31. The molecule has 0 aromatic heterocycles. The number of esters is 1. The fourth-order valence-corrected chi connectivity index (χ4v) is 2.19. The second-order valence-electron chi connectivity index (χ2n) is 4.89. The molecule has 22 heavy (non-hydrogen) atoms. The van der Waals surface area contributed by atoms with Crippen molar-refractivity contribution in [2.45, 2.75) is 25.4 Å². The van der Waals surface area contributed by atoms with Crippen LogP contribution < -0.4 is 9.47 Å². The van der Waals surface area contributed by atoms with E-state index < -0.39 is 0 Å².